The van der Waals surface area contributed by atoms with Gasteiger partial charge < -0.3 is 4.74 Å². The van der Waals surface area contributed by atoms with Gasteiger partial charge in [0.15, 0.2) is 0 Å². The Labute approximate surface area is 81.0 Å². The van der Waals surface area contributed by atoms with Gasteiger partial charge in [-0.2, -0.15) is 0 Å². The predicted octanol–water partition coefficient (Wildman–Crippen LogP) is 3.07. The lowest BCUT2D eigenvalue weighted by Gasteiger charge is -2.16. The molecule has 0 saturated heterocycles. The highest BCUT2D eigenvalue weighted by molar-refractivity contribution is 5.87. The molecule has 0 rings (SSSR count). The van der Waals surface area contributed by atoms with Crippen LogP contribution in [-0.4, -0.2) is 12.1 Å². The summed E-state index contributed by atoms with van der Waals surface area (Å²) < 4.78 is 5.25. The number of rotatable bonds is 6. The fourth-order valence-corrected chi connectivity index (χ4v) is 1.16. The van der Waals surface area contributed by atoms with Crippen LogP contribution in [0.25, 0.3) is 0 Å². The van der Waals surface area contributed by atoms with Crippen molar-refractivity contribution < 1.29 is 9.53 Å². The molecule has 0 bridgehead atoms. The van der Waals surface area contributed by atoms with E-state index in [0.717, 1.165) is 25.7 Å². The number of ether oxygens (including phenoxy) is 1. The van der Waals surface area contributed by atoms with Crippen LogP contribution >= 0.6 is 0 Å². The van der Waals surface area contributed by atoms with Gasteiger partial charge in [0.05, 0.1) is 0 Å². The summed E-state index contributed by atoms with van der Waals surface area (Å²) in [6.45, 7) is 9.42. The van der Waals surface area contributed by atoms with Crippen LogP contribution in [0.1, 0.15) is 46.5 Å². The lowest BCUT2D eigenvalue weighted by Crippen LogP contribution is -2.18. The van der Waals surface area contributed by atoms with Crippen molar-refractivity contribution in [2.45, 2.75) is 52.6 Å². The molecule has 0 aliphatic carbocycles. The van der Waals surface area contributed by atoms with Crippen molar-refractivity contribution in [1.29, 1.82) is 0 Å². The highest BCUT2D eigenvalue weighted by Gasteiger charge is 2.12. The molecule has 13 heavy (non-hydrogen) atoms. The minimum atomic E-state index is -0.257. The third kappa shape index (κ3) is 5.45. The minimum Gasteiger partial charge on any atom is -0.459 e. The first-order valence-corrected chi connectivity index (χ1v) is 4.98. The van der Waals surface area contributed by atoms with E-state index in [2.05, 4.69) is 20.4 Å². The van der Waals surface area contributed by atoms with Crippen molar-refractivity contribution in [1.82, 2.24) is 0 Å². The first kappa shape index (κ1) is 12.2. The third-order valence-corrected chi connectivity index (χ3v) is 1.84. The summed E-state index contributed by atoms with van der Waals surface area (Å²) in [5.41, 5.74) is 0.484. The Bertz CT molecular complexity index is 167. The molecular weight excluding hydrogens is 164 g/mol. The molecule has 76 valence electrons. The van der Waals surface area contributed by atoms with E-state index in [1.54, 1.807) is 6.92 Å². The van der Waals surface area contributed by atoms with Gasteiger partial charge in [0.2, 0.25) is 0 Å². The Morgan fingerprint density at radius 1 is 1.31 bits per heavy atom. The molecule has 0 aromatic heterocycles. The number of hydrogen-bond acceptors (Lipinski definition) is 2. The average Bonchev–Trinajstić information content (AvgIpc) is 2.05. The maximum Gasteiger partial charge on any atom is 0.333 e. The Morgan fingerprint density at radius 2 is 1.77 bits per heavy atom. The zero-order valence-electron chi connectivity index (χ0n) is 8.93. The summed E-state index contributed by atoms with van der Waals surface area (Å²) in [6, 6.07) is 0. The Balaban J connectivity index is 3.93. The second kappa shape index (κ2) is 6.70. The molecular formula is C11H20O2. The van der Waals surface area contributed by atoms with E-state index in [9.17, 15) is 4.79 Å². The average molecular weight is 184 g/mol. The smallest absolute Gasteiger partial charge is 0.333 e. The van der Waals surface area contributed by atoms with Crippen molar-refractivity contribution in [3.8, 4) is 0 Å². The van der Waals surface area contributed by atoms with E-state index in [-0.39, 0.29) is 12.1 Å². The number of esters is 1. The molecule has 0 saturated carbocycles. The van der Waals surface area contributed by atoms with E-state index < -0.39 is 0 Å². The molecule has 0 radical (unpaired) electrons. The van der Waals surface area contributed by atoms with Gasteiger partial charge in [-0.15, -0.1) is 0 Å². The first-order valence-electron chi connectivity index (χ1n) is 4.98. The van der Waals surface area contributed by atoms with Crippen molar-refractivity contribution in [3.63, 3.8) is 0 Å². The van der Waals surface area contributed by atoms with Crippen molar-refractivity contribution in [2.24, 2.45) is 0 Å². The van der Waals surface area contributed by atoms with Crippen molar-refractivity contribution in [3.05, 3.63) is 12.2 Å². The van der Waals surface area contributed by atoms with Crippen molar-refractivity contribution >= 4 is 5.97 Å². The minimum absolute atomic E-state index is 0.0826. The van der Waals surface area contributed by atoms with Crippen LogP contribution in [-0.2, 0) is 9.53 Å². The van der Waals surface area contributed by atoms with Crippen LogP contribution in [0.3, 0.4) is 0 Å². The van der Waals surface area contributed by atoms with Gasteiger partial charge in [0, 0.05) is 5.57 Å². The standard InChI is InChI=1S/C11H20O2/c1-5-7-10(8-6-2)13-11(12)9(3)4/h10H,3,5-8H2,1-2,4H3. The molecule has 2 heteroatoms. The van der Waals surface area contributed by atoms with Crippen LogP contribution in [0.4, 0.5) is 0 Å². The van der Waals surface area contributed by atoms with Crippen molar-refractivity contribution in [2.75, 3.05) is 0 Å². The lowest BCUT2D eigenvalue weighted by atomic mass is 10.1. The van der Waals surface area contributed by atoms with E-state index in [1.165, 1.54) is 0 Å². The SMILES string of the molecule is C=C(C)C(=O)OC(CCC)CCC. The lowest BCUT2D eigenvalue weighted by molar-refractivity contribution is -0.144. The van der Waals surface area contributed by atoms with Crippen LogP contribution in [0.15, 0.2) is 12.2 Å². The van der Waals surface area contributed by atoms with Crippen LogP contribution < -0.4 is 0 Å². The Hall–Kier alpha value is -0.790. The monoisotopic (exact) mass is 184 g/mol. The first-order chi connectivity index (χ1) is 6.11. The predicted molar refractivity (Wildman–Crippen MR) is 54.5 cm³/mol. The molecule has 0 unspecified atom stereocenters. The third-order valence-electron chi connectivity index (χ3n) is 1.84. The maximum atomic E-state index is 11.2. The summed E-state index contributed by atoms with van der Waals surface area (Å²) in [5, 5.41) is 0. The summed E-state index contributed by atoms with van der Waals surface area (Å²) in [5.74, 6) is -0.257. The molecule has 0 amide bonds. The number of hydrogen-bond donors (Lipinski definition) is 0. The summed E-state index contributed by atoms with van der Waals surface area (Å²) in [6.07, 6.45) is 4.08. The highest BCUT2D eigenvalue weighted by atomic mass is 16.5. The van der Waals surface area contributed by atoms with Crippen LogP contribution in [0, 0.1) is 0 Å². The second-order valence-corrected chi connectivity index (χ2v) is 3.38. The molecule has 0 aliphatic heterocycles. The van der Waals surface area contributed by atoms with Gasteiger partial charge in [-0.05, 0) is 19.8 Å². The maximum absolute atomic E-state index is 11.2. The fourth-order valence-electron chi connectivity index (χ4n) is 1.16. The molecule has 0 heterocycles. The zero-order valence-corrected chi connectivity index (χ0v) is 8.93. The van der Waals surface area contributed by atoms with E-state index in [0.29, 0.717) is 5.57 Å². The topological polar surface area (TPSA) is 26.3 Å². The van der Waals surface area contributed by atoms with E-state index >= 15 is 0 Å². The highest BCUT2D eigenvalue weighted by Crippen LogP contribution is 2.10. The molecule has 0 aromatic carbocycles. The second-order valence-electron chi connectivity index (χ2n) is 3.38. The van der Waals surface area contributed by atoms with Crippen LogP contribution in [0.5, 0.6) is 0 Å². The fraction of sp³-hybridized carbons (Fsp3) is 0.727. The van der Waals surface area contributed by atoms with E-state index in [4.69, 9.17) is 4.74 Å². The molecule has 0 aliphatic rings. The van der Waals surface area contributed by atoms with Gasteiger partial charge in [-0.25, -0.2) is 4.79 Å². The van der Waals surface area contributed by atoms with Gasteiger partial charge >= 0.3 is 5.97 Å². The molecule has 2 nitrogen and oxygen atoms in total. The number of carbonyl (C=O) groups excluding carboxylic acids is 1. The zero-order chi connectivity index (χ0) is 10.3. The number of carbonyl (C=O) groups is 1. The summed E-state index contributed by atoms with van der Waals surface area (Å²) >= 11 is 0. The van der Waals surface area contributed by atoms with E-state index in [1.807, 2.05) is 0 Å². The normalized spacial score (nSPS) is 10.2. The Kier molecular flexibility index (Phi) is 6.29. The molecule has 0 atom stereocenters. The van der Waals surface area contributed by atoms with Gasteiger partial charge in [0.25, 0.3) is 0 Å². The molecule has 0 aromatic rings. The molecule has 0 fully saturated rings. The molecule has 0 N–H and O–H groups in total. The van der Waals surface area contributed by atoms with Gasteiger partial charge in [-0.3, -0.25) is 0 Å². The van der Waals surface area contributed by atoms with Gasteiger partial charge in [0.1, 0.15) is 6.10 Å². The quantitative estimate of drug-likeness (QED) is 0.468. The Morgan fingerprint density at radius 3 is 2.08 bits per heavy atom. The largest absolute Gasteiger partial charge is 0.459 e. The van der Waals surface area contributed by atoms with Crippen LogP contribution in [0.2, 0.25) is 0 Å². The summed E-state index contributed by atoms with van der Waals surface area (Å²) in [7, 11) is 0. The van der Waals surface area contributed by atoms with Gasteiger partial charge in [-0.1, -0.05) is 33.3 Å². The molecule has 0 spiro atoms. The summed E-state index contributed by atoms with van der Waals surface area (Å²) in [4.78, 5) is 11.2.